The van der Waals surface area contributed by atoms with Gasteiger partial charge in [-0.15, -0.1) is 0 Å². The summed E-state index contributed by atoms with van der Waals surface area (Å²) in [6, 6.07) is -0.499. The van der Waals surface area contributed by atoms with Gasteiger partial charge in [0.05, 0.1) is 12.8 Å². The highest BCUT2D eigenvalue weighted by molar-refractivity contribution is 6.31. The van der Waals surface area contributed by atoms with Crippen LogP contribution in [0, 0.1) is 6.92 Å². The maximum Gasteiger partial charge on any atom is 0.328 e. The molecule has 0 aromatic carbocycles. The SMILES string of the molecule is COC(=O)C1CCCCN1C(=O)C=Cc1c(C)nn(C)c1Cl. The van der Waals surface area contributed by atoms with Gasteiger partial charge in [-0.3, -0.25) is 9.48 Å². The molecule has 6 nitrogen and oxygen atoms in total. The summed E-state index contributed by atoms with van der Waals surface area (Å²) in [5, 5.41) is 4.67. The number of carbonyl (C=O) groups excluding carboxylic acids is 2. The third kappa shape index (κ3) is 3.32. The van der Waals surface area contributed by atoms with Crippen LogP contribution in [0.3, 0.4) is 0 Å². The van der Waals surface area contributed by atoms with Gasteiger partial charge in [-0.05, 0) is 32.3 Å². The van der Waals surface area contributed by atoms with Gasteiger partial charge in [0.2, 0.25) is 5.91 Å². The normalized spacial score (nSPS) is 18.7. The highest BCUT2D eigenvalue weighted by Crippen LogP contribution is 2.22. The first kappa shape index (κ1) is 16.5. The summed E-state index contributed by atoms with van der Waals surface area (Å²) < 4.78 is 6.34. The summed E-state index contributed by atoms with van der Waals surface area (Å²) in [4.78, 5) is 25.7. The van der Waals surface area contributed by atoms with Crippen LogP contribution in [0.15, 0.2) is 6.08 Å². The van der Waals surface area contributed by atoms with Crippen LogP contribution in [0.25, 0.3) is 6.08 Å². The smallest absolute Gasteiger partial charge is 0.328 e. The van der Waals surface area contributed by atoms with E-state index in [1.54, 1.807) is 22.7 Å². The summed E-state index contributed by atoms with van der Waals surface area (Å²) in [5.41, 5.74) is 1.46. The highest BCUT2D eigenvalue weighted by atomic mass is 35.5. The molecule has 2 heterocycles. The predicted molar refractivity (Wildman–Crippen MR) is 83.4 cm³/mol. The van der Waals surface area contributed by atoms with Gasteiger partial charge in [0, 0.05) is 25.2 Å². The van der Waals surface area contributed by atoms with Gasteiger partial charge in [-0.1, -0.05) is 11.6 Å². The van der Waals surface area contributed by atoms with Crippen molar-refractivity contribution in [2.24, 2.45) is 7.05 Å². The first-order chi connectivity index (χ1) is 10.5. The van der Waals surface area contributed by atoms with E-state index in [4.69, 9.17) is 16.3 Å². The van der Waals surface area contributed by atoms with Crippen molar-refractivity contribution in [3.05, 3.63) is 22.5 Å². The molecule has 1 fully saturated rings. The molecule has 1 amide bonds. The summed E-state index contributed by atoms with van der Waals surface area (Å²) >= 11 is 6.14. The zero-order valence-corrected chi connectivity index (χ0v) is 13.8. The fourth-order valence-electron chi connectivity index (χ4n) is 2.66. The average molecular weight is 326 g/mol. The standard InChI is InChI=1S/C15H20ClN3O3/c1-10-11(14(16)18(2)17-10)7-8-13(20)19-9-5-4-6-12(19)15(21)22-3/h7-8,12H,4-6,9H2,1-3H3. The Morgan fingerprint density at radius 2 is 2.14 bits per heavy atom. The maximum absolute atomic E-state index is 12.4. The van der Waals surface area contributed by atoms with Gasteiger partial charge in [0.1, 0.15) is 11.2 Å². The molecular weight excluding hydrogens is 306 g/mol. The van der Waals surface area contributed by atoms with Crippen molar-refractivity contribution in [3.8, 4) is 0 Å². The Morgan fingerprint density at radius 1 is 1.41 bits per heavy atom. The fraction of sp³-hybridized carbons (Fsp3) is 0.533. The second-order valence-electron chi connectivity index (χ2n) is 5.31. The van der Waals surface area contributed by atoms with Crippen molar-refractivity contribution in [1.82, 2.24) is 14.7 Å². The van der Waals surface area contributed by atoms with Crippen LogP contribution in [0.5, 0.6) is 0 Å². The predicted octanol–water partition coefficient (Wildman–Crippen LogP) is 1.95. The Morgan fingerprint density at radius 3 is 2.73 bits per heavy atom. The third-order valence-corrected chi connectivity index (χ3v) is 4.30. The van der Waals surface area contributed by atoms with Crippen molar-refractivity contribution in [2.75, 3.05) is 13.7 Å². The second-order valence-corrected chi connectivity index (χ2v) is 5.67. The Bertz CT molecular complexity index is 609. The highest BCUT2D eigenvalue weighted by Gasteiger charge is 2.31. The van der Waals surface area contributed by atoms with Gasteiger partial charge >= 0.3 is 5.97 Å². The first-order valence-electron chi connectivity index (χ1n) is 7.21. The van der Waals surface area contributed by atoms with Crippen LogP contribution < -0.4 is 0 Å². The van der Waals surface area contributed by atoms with E-state index < -0.39 is 6.04 Å². The van der Waals surface area contributed by atoms with Gasteiger partial charge in [0.15, 0.2) is 0 Å². The average Bonchev–Trinajstić information content (AvgIpc) is 2.77. The van der Waals surface area contributed by atoms with E-state index in [-0.39, 0.29) is 11.9 Å². The molecule has 0 radical (unpaired) electrons. The zero-order chi connectivity index (χ0) is 16.3. The molecule has 0 aliphatic carbocycles. The maximum atomic E-state index is 12.4. The minimum absolute atomic E-state index is 0.214. The van der Waals surface area contributed by atoms with Crippen LogP contribution in [0.2, 0.25) is 5.15 Å². The number of aryl methyl sites for hydroxylation is 2. The van der Waals surface area contributed by atoms with Gasteiger partial charge in [0.25, 0.3) is 0 Å². The number of nitrogens with zero attached hydrogens (tertiary/aromatic N) is 3. The minimum Gasteiger partial charge on any atom is -0.467 e. The number of piperidine rings is 1. The molecule has 0 spiro atoms. The molecule has 2 rings (SSSR count). The molecule has 0 N–H and O–H groups in total. The lowest BCUT2D eigenvalue weighted by atomic mass is 10.0. The third-order valence-electron chi connectivity index (χ3n) is 3.85. The van der Waals surface area contributed by atoms with E-state index in [1.807, 2.05) is 6.92 Å². The molecule has 1 aromatic rings. The summed E-state index contributed by atoms with van der Waals surface area (Å²) in [5.74, 6) is -0.577. The number of amides is 1. The lowest BCUT2D eigenvalue weighted by Gasteiger charge is -2.32. The molecule has 0 saturated carbocycles. The molecule has 1 unspecified atom stereocenters. The Balaban J connectivity index is 2.16. The van der Waals surface area contributed by atoms with Crippen LogP contribution in [-0.2, 0) is 21.4 Å². The van der Waals surface area contributed by atoms with E-state index in [1.165, 1.54) is 13.2 Å². The van der Waals surface area contributed by atoms with Crippen LogP contribution in [-0.4, -0.2) is 46.3 Å². The largest absolute Gasteiger partial charge is 0.467 e. The van der Waals surface area contributed by atoms with E-state index in [0.29, 0.717) is 23.7 Å². The number of carbonyl (C=O) groups is 2. The van der Waals surface area contributed by atoms with Gasteiger partial charge in [-0.2, -0.15) is 5.10 Å². The molecule has 1 aliphatic heterocycles. The first-order valence-corrected chi connectivity index (χ1v) is 7.59. The number of methoxy groups -OCH3 is 1. The number of aromatic nitrogens is 2. The van der Waals surface area contributed by atoms with E-state index in [2.05, 4.69) is 5.10 Å². The van der Waals surface area contributed by atoms with Crippen molar-refractivity contribution >= 4 is 29.6 Å². The van der Waals surface area contributed by atoms with E-state index >= 15 is 0 Å². The molecule has 1 saturated heterocycles. The quantitative estimate of drug-likeness (QED) is 0.629. The number of hydrogen-bond acceptors (Lipinski definition) is 4. The summed E-state index contributed by atoms with van der Waals surface area (Å²) in [6.45, 7) is 2.39. The number of halogens is 1. The molecular formula is C15H20ClN3O3. The lowest BCUT2D eigenvalue weighted by Crippen LogP contribution is -2.47. The molecule has 0 bridgehead atoms. The number of esters is 1. The minimum atomic E-state index is -0.499. The van der Waals surface area contributed by atoms with Crippen molar-refractivity contribution in [2.45, 2.75) is 32.2 Å². The van der Waals surface area contributed by atoms with Crippen molar-refractivity contribution in [3.63, 3.8) is 0 Å². The summed E-state index contributed by atoms with van der Waals surface area (Å²) in [6.07, 6.45) is 5.53. The van der Waals surface area contributed by atoms with Crippen LogP contribution in [0.1, 0.15) is 30.5 Å². The number of hydrogen-bond donors (Lipinski definition) is 0. The van der Waals surface area contributed by atoms with Gasteiger partial charge < -0.3 is 9.64 Å². The Kier molecular flexibility index (Phi) is 5.24. The zero-order valence-electron chi connectivity index (χ0n) is 13.0. The van der Waals surface area contributed by atoms with Crippen LogP contribution >= 0.6 is 11.6 Å². The molecule has 7 heteroatoms. The molecule has 22 heavy (non-hydrogen) atoms. The fourth-order valence-corrected chi connectivity index (χ4v) is 2.90. The number of rotatable bonds is 3. The number of likely N-dealkylation sites (tertiary alicyclic amines) is 1. The summed E-state index contributed by atoms with van der Waals surface area (Å²) in [7, 11) is 3.08. The van der Waals surface area contributed by atoms with Gasteiger partial charge in [-0.25, -0.2) is 4.79 Å². The topological polar surface area (TPSA) is 64.4 Å². The molecule has 1 aliphatic rings. The molecule has 120 valence electrons. The second kappa shape index (κ2) is 6.96. The molecule has 1 aromatic heterocycles. The lowest BCUT2D eigenvalue weighted by molar-refractivity contribution is -0.153. The van der Waals surface area contributed by atoms with Crippen LogP contribution in [0.4, 0.5) is 0 Å². The van der Waals surface area contributed by atoms with Crippen molar-refractivity contribution in [1.29, 1.82) is 0 Å². The number of ether oxygens (including phenoxy) is 1. The van der Waals surface area contributed by atoms with E-state index in [9.17, 15) is 9.59 Å². The monoisotopic (exact) mass is 325 g/mol. The Hall–Kier alpha value is -1.82. The molecule has 1 atom stereocenters. The Labute approximate surface area is 134 Å². The van der Waals surface area contributed by atoms with E-state index in [0.717, 1.165) is 18.5 Å². The van der Waals surface area contributed by atoms with Crippen molar-refractivity contribution < 1.29 is 14.3 Å².